The van der Waals surface area contributed by atoms with Gasteiger partial charge in [0.2, 0.25) is 5.88 Å². The topological polar surface area (TPSA) is 51.6 Å². The van der Waals surface area contributed by atoms with Gasteiger partial charge in [0, 0.05) is 17.8 Å². The van der Waals surface area contributed by atoms with E-state index in [-0.39, 0.29) is 5.75 Å². The number of ether oxygens (including phenoxy) is 2. The fourth-order valence-corrected chi connectivity index (χ4v) is 1.54. The average molecular weight is 231 g/mol. The first-order chi connectivity index (χ1) is 8.24. The number of methoxy groups -OCH3 is 2. The van der Waals surface area contributed by atoms with Crippen LogP contribution in [0, 0.1) is 0 Å². The van der Waals surface area contributed by atoms with Crippen molar-refractivity contribution in [3.8, 4) is 28.5 Å². The zero-order chi connectivity index (χ0) is 12.3. The van der Waals surface area contributed by atoms with Crippen LogP contribution in [0.4, 0.5) is 0 Å². The van der Waals surface area contributed by atoms with E-state index in [1.54, 1.807) is 31.5 Å². The third kappa shape index (κ3) is 2.30. The van der Waals surface area contributed by atoms with Gasteiger partial charge in [-0.25, -0.2) is 4.98 Å². The van der Waals surface area contributed by atoms with Gasteiger partial charge in [-0.3, -0.25) is 0 Å². The summed E-state index contributed by atoms with van der Waals surface area (Å²) in [6.07, 6.45) is 1.69. The fourth-order valence-electron chi connectivity index (χ4n) is 1.54. The molecule has 1 heterocycles. The molecule has 4 nitrogen and oxygen atoms in total. The molecule has 0 saturated carbocycles. The van der Waals surface area contributed by atoms with Gasteiger partial charge in [-0.15, -0.1) is 0 Å². The summed E-state index contributed by atoms with van der Waals surface area (Å²) in [7, 11) is 3.09. The summed E-state index contributed by atoms with van der Waals surface area (Å²) in [5.74, 6) is 1.13. The third-order valence-corrected chi connectivity index (χ3v) is 2.46. The molecular formula is C13H13NO3. The maximum atomic E-state index is 9.68. The van der Waals surface area contributed by atoms with Crippen LogP contribution in [-0.2, 0) is 0 Å². The van der Waals surface area contributed by atoms with Gasteiger partial charge in [-0.2, -0.15) is 0 Å². The summed E-state index contributed by atoms with van der Waals surface area (Å²) >= 11 is 0. The fraction of sp³-hybridized carbons (Fsp3) is 0.154. The second kappa shape index (κ2) is 4.74. The molecule has 2 rings (SSSR count). The minimum Gasteiger partial charge on any atom is -0.504 e. The van der Waals surface area contributed by atoms with E-state index in [9.17, 15) is 5.11 Å². The summed E-state index contributed by atoms with van der Waals surface area (Å²) in [6, 6.07) is 8.88. The molecule has 1 N–H and O–H groups in total. The SMILES string of the molecule is COc1ccc(-c2ccc(OC)c(O)c2)cn1. The lowest BCUT2D eigenvalue weighted by atomic mass is 10.1. The van der Waals surface area contributed by atoms with Gasteiger partial charge in [-0.05, 0) is 23.8 Å². The van der Waals surface area contributed by atoms with Gasteiger partial charge in [0.1, 0.15) is 0 Å². The molecule has 17 heavy (non-hydrogen) atoms. The standard InChI is InChI=1S/C13H13NO3/c1-16-12-5-3-9(7-11(12)15)10-4-6-13(17-2)14-8-10/h3-8,15H,1-2H3. The molecular weight excluding hydrogens is 218 g/mol. The van der Waals surface area contributed by atoms with E-state index in [2.05, 4.69) is 4.98 Å². The summed E-state index contributed by atoms with van der Waals surface area (Å²) in [5, 5.41) is 9.68. The zero-order valence-corrected chi connectivity index (χ0v) is 9.68. The number of phenols is 1. The lowest BCUT2D eigenvalue weighted by molar-refractivity contribution is 0.373. The molecule has 0 fully saturated rings. The summed E-state index contributed by atoms with van der Waals surface area (Å²) in [4.78, 5) is 4.11. The Bertz CT molecular complexity index is 509. The second-order valence-electron chi connectivity index (χ2n) is 3.48. The molecule has 0 aliphatic carbocycles. The summed E-state index contributed by atoms with van der Waals surface area (Å²) in [5.41, 5.74) is 1.78. The third-order valence-electron chi connectivity index (χ3n) is 2.46. The van der Waals surface area contributed by atoms with Gasteiger partial charge >= 0.3 is 0 Å². The first-order valence-corrected chi connectivity index (χ1v) is 5.12. The average Bonchev–Trinajstić information content (AvgIpc) is 2.39. The predicted octanol–water partition coefficient (Wildman–Crippen LogP) is 2.47. The van der Waals surface area contributed by atoms with Gasteiger partial charge in [0.15, 0.2) is 11.5 Å². The molecule has 0 radical (unpaired) electrons. The second-order valence-corrected chi connectivity index (χ2v) is 3.48. The van der Waals surface area contributed by atoms with Crippen molar-refractivity contribution in [1.29, 1.82) is 0 Å². The van der Waals surface area contributed by atoms with E-state index in [1.165, 1.54) is 7.11 Å². The Morgan fingerprint density at radius 1 is 1.00 bits per heavy atom. The zero-order valence-electron chi connectivity index (χ0n) is 9.68. The van der Waals surface area contributed by atoms with Crippen molar-refractivity contribution in [1.82, 2.24) is 4.98 Å². The van der Waals surface area contributed by atoms with E-state index < -0.39 is 0 Å². The Labute approximate surface area is 99.5 Å². The molecule has 88 valence electrons. The first-order valence-electron chi connectivity index (χ1n) is 5.12. The van der Waals surface area contributed by atoms with Gasteiger partial charge in [0.05, 0.1) is 14.2 Å². The molecule has 0 bridgehead atoms. The number of nitrogens with zero attached hydrogens (tertiary/aromatic N) is 1. The van der Waals surface area contributed by atoms with E-state index >= 15 is 0 Å². The molecule has 0 aliphatic rings. The van der Waals surface area contributed by atoms with Gasteiger partial charge in [0.25, 0.3) is 0 Å². The van der Waals surface area contributed by atoms with Crippen molar-refractivity contribution in [2.45, 2.75) is 0 Å². The number of pyridine rings is 1. The van der Waals surface area contributed by atoms with Crippen LogP contribution < -0.4 is 9.47 Å². The van der Waals surface area contributed by atoms with Crippen LogP contribution in [0.15, 0.2) is 36.5 Å². The molecule has 0 atom stereocenters. The number of phenolic OH excluding ortho intramolecular Hbond substituents is 1. The van der Waals surface area contributed by atoms with E-state index in [0.717, 1.165) is 11.1 Å². The van der Waals surface area contributed by atoms with Crippen molar-refractivity contribution < 1.29 is 14.6 Å². The smallest absolute Gasteiger partial charge is 0.212 e. The normalized spacial score (nSPS) is 10.0. The number of benzene rings is 1. The number of hydrogen-bond acceptors (Lipinski definition) is 4. The Kier molecular flexibility index (Phi) is 3.14. The molecule has 0 spiro atoms. The number of aromatic nitrogens is 1. The summed E-state index contributed by atoms with van der Waals surface area (Å²) < 4.78 is 9.97. The Balaban J connectivity index is 2.35. The van der Waals surface area contributed by atoms with Crippen LogP contribution in [-0.4, -0.2) is 24.3 Å². The van der Waals surface area contributed by atoms with Crippen LogP contribution in [0.2, 0.25) is 0 Å². The van der Waals surface area contributed by atoms with Crippen molar-refractivity contribution in [2.75, 3.05) is 14.2 Å². The largest absolute Gasteiger partial charge is 0.504 e. The van der Waals surface area contributed by atoms with Crippen LogP contribution >= 0.6 is 0 Å². The number of aromatic hydroxyl groups is 1. The maximum absolute atomic E-state index is 9.68. The predicted molar refractivity (Wildman–Crippen MR) is 64.4 cm³/mol. The Morgan fingerprint density at radius 3 is 2.29 bits per heavy atom. The molecule has 2 aromatic rings. The molecule has 0 unspecified atom stereocenters. The Hall–Kier alpha value is -2.23. The van der Waals surface area contributed by atoms with Crippen LogP contribution in [0.3, 0.4) is 0 Å². The molecule has 1 aromatic heterocycles. The van der Waals surface area contributed by atoms with Crippen molar-refractivity contribution >= 4 is 0 Å². The lowest BCUT2D eigenvalue weighted by Crippen LogP contribution is -1.88. The number of hydrogen-bond donors (Lipinski definition) is 1. The summed E-state index contributed by atoms with van der Waals surface area (Å²) in [6.45, 7) is 0. The van der Waals surface area contributed by atoms with E-state index in [0.29, 0.717) is 11.6 Å². The lowest BCUT2D eigenvalue weighted by Gasteiger charge is -2.06. The minimum absolute atomic E-state index is 0.112. The van der Waals surface area contributed by atoms with Crippen molar-refractivity contribution in [3.05, 3.63) is 36.5 Å². The Morgan fingerprint density at radius 2 is 1.76 bits per heavy atom. The van der Waals surface area contributed by atoms with E-state index in [1.807, 2.05) is 12.1 Å². The minimum atomic E-state index is 0.112. The number of rotatable bonds is 3. The first kappa shape index (κ1) is 11.3. The van der Waals surface area contributed by atoms with Gasteiger partial charge in [-0.1, -0.05) is 6.07 Å². The highest BCUT2D eigenvalue weighted by molar-refractivity contribution is 5.66. The van der Waals surface area contributed by atoms with Crippen molar-refractivity contribution in [2.24, 2.45) is 0 Å². The quantitative estimate of drug-likeness (QED) is 0.881. The van der Waals surface area contributed by atoms with Crippen LogP contribution in [0.25, 0.3) is 11.1 Å². The van der Waals surface area contributed by atoms with Crippen LogP contribution in [0.5, 0.6) is 17.4 Å². The van der Waals surface area contributed by atoms with Crippen molar-refractivity contribution in [3.63, 3.8) is 0 Å². The highest BCUT2D eigenvalue weighted by Gasteiger charge is 2.04. The maximum Gasteiger partial charge on any atom is 0.212 e. The molecule has 1 aromatic carbocycles. The molecule has 0 amide bonds. The van der Waals surface area contributed by atoms with Crippen LogP contribution in [0.1, 0.15) is 0 Å². The molecule has 4 heteroatoms. The van der Waals surface area contributed by atoms with E-state index in [4.69, 9.17) is 9.47 Å². The monoisotopic (exact) mass is 231 g/mol. The molecule has 0 saturated heterocycles. The highest BCUT2D eigenvalue weighted by atomic mass is 16.5. The highest BCUT2D eigenvalue weighted by Crippen LogP contribution is 2.31. The molecule has 0 aliphatic heterocycles. The van der Waals surface area contributed by atoms with Gasteiger partial charge < -0.3 is 14.6 Å².